The highest BCUT2D eigenvalue weighted by atomic mass is 16.5. The van der Waals surface area contributed by atoms with Crippen molar-refractivity contribution in [2.24, 2.45) is 11.1 Å². The van der Waals surface area contributed by atoms with Crippen LogP contribution in [0.4, 0.5) is 0 Å². The van der Waals surface area contributed by atoms with Crippen LogP contribution in [0.5, 0.6) is 5.75 Å². The van der Waals surface area contributed by atoms with Crippen LogP contribution in [0, 0.1) is 5.41 Å². The van der Waals surface area contributed by atoms with Gasteiger partial charge in [-0.15, -0.1) is 0 Å². The number of benzene rings is 1. The molecule has 0 amide bonds. The Kier molecular flexibility index (Phi) is 4.51. The molecule has 116 valence electrons. The van der Waals surface area contributed by atoms with Gasteiger partial charge in [-0.1, -0.05) is 38.2 Å². The first-order valence-corrected chi connectivity index (χ1v) is 8.39. The molecule has 3 nitrogen and oxygen atoms in total. The van der Waals surface area contributed by atoms with Crippen LogP contribution in [0.15, 0.2) is 18.2 Å². The molecule has 2 aliphatic rings. The molecule has 0 radical (unpaired) electrons. The summed E-state index contributed by atoms with van der Waals surface area (Å²) < 4.78 is 5.56. The topological polar surface area (TPSA) is 55.5 Å². The summed E-state index contributed by atoms with van der Waals surface area (Å²) in [5.74, 6) is 0.977. The van der Waals surface area contributed by atoms with Crippen molar-refractivity contribution in [3.63, 3.8) is 0 Å². The van der Waals surface area contributed by atoms with Crippen molar-refractivity contribution in [2.75, 3.05) is 13.2 Å². The third kappa shape index (κ3) is 2.95. The van der Waals surface area contributed by atoms with E-state index >= 15 is 0 Å². The maximum Gasteiger partial charge on any atom is 0.122 e. The highest BCUT2D eigenvalue weighted by Crippen LogP contribution is 2.44. The zero-order valence-electron chi connectivity index (χ0n) is 12.8. The zero-order valence-corrected chi connectivity index (χ0v) is 12.8. The van der Waals surface area contributed by atoms with Crippen LogP contribution in [-0.2, 0) is 6.42 Å². The lowest BCUT2D eigenvalue weighted by molar-refractivity contribution is 0.00844. The van der Waals surface area contributed by atoms with Gasteiger partial charge in [-0.05, 0) is 36.1 Å². The molecule has 0 aromatic heterocycles. The normalized spacial score (nSPS) is 22.8. The van der Waals surface area contributed by atoms with Gasteiger partial charge >= 0.3 is 0 Å². The Morgan fingerprint density at radius 2 is 1.86 bits per heavy atom. The largest absolute Gasteiger partial charge is 0.493 e. The Morgan fingerprint density at radius 1 is 1.14 bits per heavy atom. The van der Waals surface area contributed by atoms with Crippen LogP contribution in [0.25, 0.3) is 0 Å². The maximum absolute atomic E-state index is 11.0. The molecule has 3 rings (SSSR count). The van der Waals surface area contributed by atoms with Crippen molar-refractivity contribution in [3.8, 4) is 5.75 Å². The predicted molar refractivity (Wildman–Crippen MR) is 84.4 cm³/mol. The molecule has 1 aromatic carbocycles. The van der Waals surface area contributed by atoms with Crippen LogP contribution in [0.2, 0.25) is 0 Å². The minimum Gasteiger partial charge on any atom is -0.493 e. The van der Waals surface area contributed by atoms with E-state index in [-0.39, 0.29) is 5.41 Å². The fourth-order valence-electron chi connectivity index (χ4n) is 3.93. The van der Waals surface area contributed by atoms with Crippen molar-refractivity contribution >= 4 is 0 Å². The molecule has 3 heteroatoms. The maximum atomic E-state index is 11.0. The molecule has 1 aliphatic heterocycles. The third-order valence-corrected chi connectivity index (χ3v) is 5.37. The molecular weight excluding hydrogens is 262 g/mol. The van der Waals surface area contributed by atoms with Gasteiger partial charge < -0.3 is 15.6 Å². The van der Waals surface area contributed by atoms with Gasteiger partial charge in [0, 0.05) is 18.4 Å². The Morgan fingerprint density at radius 3 is 2.57 bits per heavy atom. The quantitative estimate of drug-likeness (QED) is 0.897. The first-order valence-electron chi connectivity index (χ1n) is 8.39. The molecule has 1 fully saturated rings. The number of aliphatic hydroxyl groups excluding tert-OH is 1. The van der Waals surface area contributed by atoms with Crippen molar-refractivity contribution in [1.82, 2.24) is 0 Å². The molecular formula is C18H27NO2. The van der Waals surface area contributed by atoms with Crippen LogP contribution in [0.3, 0.4) is 0 Å². The second-order valence-electron chi connectivity index (χ2n) is 6.70. The summed E-state index contributed by atoms with van der Waals surface area (Å²) in [6.07, 6.45) is 8.81. The zero-order chi connectivity index (χ0) is 14.7. The molecule has 1 saturated carbocycles. The van der Waals surface area contributed by atoms with E-state index in [1.54, 1.807) is 0 Å². The fraction of sp³-hybridized carbons (Fsp3) is 0.667. The molecule has 21 heavy (non-hydrogen) atoms. The van der Waals surface area contributed by atoms with Crippen molar-refractivity contribution < 1.29 is 9.84 Å². The second kappa shape index (κ2) is 6.37. The lowest BCUT2D eigenvalue weighted by Gasteiger charge is -2.39. The smallest absolute Gasteiger partial charge is 0.122 e. The molecule has 1 unspecified atom stereocenters. The summed E-state index contributed by atoms with van der Waals surface area (Å²) >= 11 is 0. The van der Waals surface area contributed by atoms with Gasteiger partial charge in [0.1, 0.15) is 5.75 Å². The Labute approximate surface area is 127 Å². The number of ether oxygens (including phenoxy) is 1. The van der Waals surface area contributed by atoms with Gasteiger partial charge in [0.2, 0.25) is 0 Å². The molecule has 0 saturated heterocycles. The Hall–Kier alpha value is -1.06. The molecule has 0 spiro atoms. The number of hydrogen-bond donors (Lipinski definition) is 2. The first-order chi connectivity index (χ1) is 10.2. The van der Waals surface area contributed by atoms with Crippen LogP contribution in [0.1, 0.15) is 62.2 Å². The lowest BCUT2D eigenvalue weighted by atomic mass is 9.70. The van der Waals surface area contributed by atoms with Crippen molar-refractivity contribution in [2.45, 2.75) is 57.5 Å². The van der Waals surface area contributed by atoms with Gasteiger partial charge in [0.15, 0.2) is 0 Å². The average Bonchev–Trinajstić information content (AvgIpc) is 2.94. The van der Waals surface area contributed by atoms with E-state index in [1.165, 1.54) is 37.7 Å². The van der Waals surface area contributed by atoms with Crippen molar-refractivity contribution in [3.05, 3.63) is 29.3 Å². The van der Waals surface area contributed by atoms with E-state index in [2.05, 4.69) is 6.07 Å². The highest BCUT2D eigenvalue weighted by molar-refractivity contribution is 5.41. The van der Waals surface area contributed by atoms with E-state index in [9.17, 15) is 5.11 Å². The number of nitrogens with two attached hydrogens (primary N) is 1. The summed E-state index contributed by atoms with van der Waals surface area (Å²) in [7, 11) is 0. The van der Waals surface area contributed by atoms with E-state index < -0.39 is 6.10 Å². The Bertz CT molecular complexity index is 478. The minimum atomic E-state index is -0.452. The highest BCUT2D eigenvalue weighted by Gasteiger charge is 2.37. The molecule has 1 aromatic rings. The van der Waals surface area contributed by atoms with Gasteiger partial charge in [0.25, 0.3) is 0 Å². The number of hydrogen-bond acceptors (Lipinski definition) is 3. The molecule has 1 aliphatic carbocycles. The van der Waals surface area contributed by atoms with Gasteiger partial charge in [-0.2, -0.15) is 0 Å². The third-order valence-electron chi connectivity index (χ3n) is 5.37. The average molecular weight is 289 g/mol. The first kappa shape index (κ1) is 14.9. The summed E-state index contributed by atoms with van der Waals surface area (Å²) in [6.45, 7) is 1.33. The van der Waals surface area contributed by atoms with E-state index in [0.29, 0.717) is 6.54 Å². The summed E-state index contributed by atoms with van der Waals surface area (Å²) in [5, 5.41) is 11.0. The SMILES string of the molecule is NCC1(C(O)c2ccc3c(c2)CCO3)CCCCCCC1. The number of fused-ring (bicyclic) bond motifs is 1. The van der Waals surface area contributed by atoms with Gasteiger partial charge in [0.05, 0.1) is 12.7 Å². The summed E-state index contributed by atoms with van der Waals surface area (Å²) in [5.41, 5.74) is 8.23. The van der Waals surface area contributed by atoms with E-state index in [1.807, 2.05) is 12.1 Å². The number of aliphatic hydroxyl groups is 1. The molecule has 1 atom stereocenters. The monoisotopic (exact) mass is 289 g/mol. The summed E-state index contributed by atoms with van der Waals surface area (Å²) in [6, 6.07) is 6.15. The van der Waals surface area contributed by atoms with Crippen LogP contribution >= 0.6 is 0 Å². The lowest BCUT2D eigenvalue weighted by Crippen LogP contribution is -2.37. The molecule has 0 bridgehead atoms. The molecule has 3 N–H and O–H groups in total. The minimum absolute atomic E-state index is 0.145. The molecule has 1 heterocycles. The van der Waals surface area contributed by atoms with Crippen LogP contribution < -0.4 is 10.5 Å². The number of rotatable bonds is 3. The standard InChI is InChI=1S/C18H27NO2/c19-13-18(9-4-2-1-3-5-10-18)17(20)15-6-7-16-14(12-15)8-11-21-16/h6-7,12,17,20H,1-5,8-11,13,19H2. The predicted octanol–water partition coefficient (Wildman–Crippen LogP) is 3.34. The summed E-state index contributed by atoms with van der Waals surface area (Å²) in [4.78, 5) is 0. The van der Waals surface area contributed by atoms with E-state index in [0.717, 1.165) is 37.2 Å². The van der Waals surface area contributed by atoms with Crippen LogP contribution in [-0.4, -0.2) is 18.3 Å². The van der Waals surface area contributed by atoms with Gasteiger partial charge in [-0.25, -0.2) is 0 Å². The van der Waals surface area contributed by atoms with Crippen molar-refractivity contribution in [1.29, 1.82) is 0 Å². The van der Waals surface area contributed by atoms with Gasteiger partial charge in [-0.3, -0.25) is 0 Å². The second-order valence-corrected chi connectivity index (χ2v) is 6.70. The van der Waals surface area contributed by atoms with E-state index in [4.69, 9.17) is 10.5 Å². The fourth-order valence-corrected chi connectivity index (χ4v) is 3.93. The Balaban J connectivity index is 1.84.